The van der Waals surface area contributed by atoms with Crippen molar-refractivity contribution in [1.29, 1.82) is 0 Å². The van der Waals surface area contributed by atoms with Crippen LogP contribution in [0.5, 0.6) is 5.75 Å². The molecular weight excluding hydrogens is 440 g/mol. The van der Waals surface area contributed by atoms with E-state index in [-0.39, 0.29) is 24.5 Å². The maximum Gasteiger partial charge on any atom is 0.287 e. The fourth-order valence-corrected chi connectivity index (χ4v) is 4.73. The highest BCUT2D eigenvalue weighted by Gasteiger charge is 2.32. The Bertz CT molecular complexity index is 1230. The monoisotopic (exact) mass is 472 g/mol. The molecule has 0 bridgehead atoms. The van der Waals surface area contributed by atoms with Gasteiger partial charge in [0.2, 0.25) is 5.91 Å². The highest BCUT2D eigenvalue weighted by Crippen LogP contribution is 2.38. The minimum absolute atomic E-state index is 0.139. The van der Waals surface area contributed by atoms with Gasteiger partial charge >= 0.3 is 0 Å². The largest absolute Gasteiger partial charge is 0.486 e. The summed E-state index contributed by atoms with van der Waals surface area (Å²) >= 11 is 0. The van der Waals surface area contributed by atoms with E-state index < -0.39 is 0 Å². The predicted octanol–water partition coefficient (Wildman–Crippen LogP) is 5.19. The molecule has 2 amide bonds. The molecule has 1 aromatic heterocycles. The second-order valence-corrected chi connectivity index (χ2v) is 9.58. The molecule has 182 valence electrons. The third kappa shape index (κ3) is 5.26. The third-order valence-corrected chi connectivity index (χ3v) is 6.84. The van der Waals surface area contributed by atoms with Crippen LogP contribution >= 0.6 is 0 Å². The van der Waals surface area contributed by atoms with Crippen molar-refractivity contribution >= 4 is 11.8 Å². The van der Waals surface area contributed by atoms with Crippen LogP contribution in [0, 0.1) is 12.8 Å². The van der Waals surface area contributed by atoms with Gasteiger partial charge < -0.3 is 19.4 Å². The first-order chi connectivity index (χ1) is 17.0. The van der Waals surface area contributed by atoms with E-state index in [1.165, 1.54) is 24.0 Å². The fourth-order valence-electron chi connectivity index (χ4n) is 4.73. The van der Waals surface area contributed by atoms with Crippen LogP contribution < -0.4 is 10.1 Å². The lowest BCUT2D eigenvalue weighted by Crippen LogP contribution is -2.40. The third-order valence-electron chi connectivity index (χ3n) is 6.84. The van der Waals surface area contributed by atoms with Crippen molar-refractivity contribution in [1.82, 2.24) is 10.2 Å². The Balaban J connectivity index is 1.34. The first-order valence-corrected chi connectivity index (χ1v) is 12.5. The molecule has 1 fully saturated rings. The number of hydrogen-bond donors (Lipinski definition) is 1. The van der Waals surface area contributed by atoms with Crippen LogP contribution in [0.25, 0.3) is 0 Å². The van der Waals surface area contributed by atoms with Gasteiger partial charge in [0, 0.05) is 19.5 Å². The van der Waals surface area contributed by atoms with Gasteiger partial charge in [0.1, 0.15) is 18.1 Å². The molecule has 2 aliphatic rings. The quantitative estimate of drug-likeness (QED) is 0.490. The Kier molecular flexibility index (Phi) is 6.62. The second kappa shape index (κ2) is 9.98. The van der Waals surface area contributed by atoms with Gasteiger partial charge in [-0.2, -0.15) is 0 Å². The molecule has 3 aromatic rings. The van der Waals surface area contributed by atoms with Crippen LogP contribution in [-0.2, 0) is 17.8 Å². The van der Waals surface area contributed by atoms with Gasteiger partial charge in [0.05, 0.1) is 6.04 Å². The van der Waals surface area contributed by atoms with Crippen LogP contribution in [0.1, 0.15) is 70.8 Å². The zero-order valence-electron chi connectivity index (χ0n) is 20.4. The zero-order valence-corrected chi connectivity index (χ0v) is 20.4. The average Bonchev–Trinajstić information content (AvgIpc) is 3.59. The molecule has 2 heterocycles. The Hall–Kier alpha value is -3.54. The van der Waals surface area contributed by atoms with Crippen LogP contribution in [0.15, 0.2) is 59.0 Å². The number of nitrogens with zero attached hydrogens (tertiary/aromatic N) is 1. The molecule has 2 aromatic carbocycles. The van der Waals surface area contributed by atoms with E-state index in [1.807, 2.05) is 30.0 Å². The SMILES string of the molecule is CCC(=O)N1CCc2ccc(OCc3ccc(C(=O)NCC4CC4)o3)cc2C1c1cccc(C)c1. The van der Waals surface area contributed by atoms with Gasteiger partial charge in [-0.3, -0.25) is 9.59 Å². The van der Waals surface area contributed by atoms with E-state index in [9.17, 15) is 9.59 Å². The Morgan fingerprint density at radius 2 is 1.97 bits per heavy atom. The standard InChI is InChI=1S/C29H32N2O4/c1-3-27(32)31-14-13-21-9-10-23(16-25(21)28(31)22-6-4-5-19(2)15-22)34-18-24-11-12-26(35-24)29(33)30-17-20-7-8-20/h4-6,9-12,15-16,20,28H,3,7-8,13-14,17-18H2,1-2H3,(H,30,33). The number of ether oxygens (including phenoxy) is 1. The highest BCUT2D eigenvalue weighted by atomic mass is 16.5. The molecule has 6 heteroatoms. The average molecular weight is 473 g/mol. The molecule has 5 rings (SSSR count). The molecule has 0 radical (unpaired) electrons. The lowest BCUT2D eigenvalue weighted by molar-refractivity contribution is -0.132. The van der Waals surface area contributed by atoms with Crippen molar-refractivity contribution in [2.45, 2.75) is 52.2 Å². The van der Waals surface area contributed by atoms with E-state index >= 15 is 0 Å². The first kappa shape index (κ1) is 23.2. The number of carbonyl (C=O) groups is 2. The summed E-state index contributed by atoms with van der Waals surface area (Å²) in [6.07, 6.45) is 3.67. The second-order valence-electron chi connectivity index (χ2n) is 9.58. The molecule has 1 atom stereocenters. The van der Waals surface area contributed by atoms with E-state index in [1.54, 1.807) is 12.1 Å². The van der Waals surface area contributed by atoms with Gasteiger partial charge in [-0.15, -0.1) is 0 Å². The summed E-state index contributed by atoms with van der Waals surface area (Å²) in [5.41, 5.74) is 4.61. The highest BCUT2D eigenvalue weighted by molar-refractivity contribution is 5.91. The van der Waals surface area contributed by atoms with Crippen molar-refractivity contribution in [2.24, 2.45) is 5.92 Å². The topological polar surface area (TPSA) is 71.8 Å². The smallest absolute Gasteiger partial charge is 0.287 e. The van der Waals surface area contributed by atoms with Gasteiger partial charge in [-0.25, -0.2) is 0 Å². The minimum Gasteiger partial charge on any atom is -0.486 e. The van der Waals surface area contributed by atoms with Crippen LogP contribution in [0.2, 0.25) is 0 Å². The van der Waals surface area contributed by atoms with Crippen molar-refractivity contribution in [3.05, 3.63) is 88.4 Å². The summed E-state index contributed by atoms with van der Waals surface area (Å²) in [6.45, 7) is 5.62. The van der Waals surface area contributed by atoms with Gasteiger partial charge in [-0.05, 0) is 73.1 Å². The van der Waals surface area contributed by atoms with Crippen LogP contribution in [0.3, 0.4) is 0 Å². The molecule has 1 saturated carbocycles. The zero-order chi connectivity index (χ0) is 24.4. The van der Waals surface area contributed by atoms with E-state index in [0.29, 0.717) is 42.7 Å². The minimum atomic E-state index is -0.182. The number of rotatable bonds is 8. The molecular formula is C29H32N2O4. The van der Waals surface area contributed by atoms with Crippen LogP contribution in [0.4, 0.5) is 0 Å². The van der Waals surface area contributed by atoms with Crippen molar-refractivity contribution < 1.29 is 18.7 Å². The summed E-state index contributed by atoms with van der Waals surface area (Å²) in [5, 5.41) is 2.92. The molecule has 35 heavy (non-hydrogen) atoms. The summed E-state index contributed by atoms with van der Waals surface area (Å²) < 4.78 is 11.8. The number of amides is 2. The van der Waals surface area contributed by atoms with Gasteiger partial charge in [0.15, 0.2) is 5.76 Å². The number of benzene rings is 2. The number of nitrogens with one attached hydrogen (secondary N) is 1. The molecule has 6 nitrogen and oxygen atoms in total. The predicted molar refractivity (Wildman–Crippen MR) is 133 cm³/mol. The molecule has 1 N–H and O–H groups in total. The fraction of sp³-hybridized carbons (Fsp3) is 0.379. The Morgan fingerprint density at radius 1 is 1.11 bits per heavy atom. The number of hydrogen-bond acceptors (Lipinski definition) is 4. The molecule has 0 saturated heterocycles. The van der Waals surface area contributed by atoms with E-state index in [2.05, 4.69) is 36.5 Å². The lowest BCUT2D eigenvalue weighted by atomic mass is 9.87. The summed E-state index contributed by atoms with van der Waals surface area (Å²) in [4.78, 5) is 27.1. The van der Waals surface area contributed by atoms with Crippen molar-refractivity contribution in [3.8, 4) is 5.75 Å². The summed E-state index contributed by atoms with van der Waals surface area (Å²) in [6, 6.07) is 17.8. The summed E-state index contributed by atoms with van der Waals surface area (Å²) in [5.74, 6) is 2.20. The number of carbonyl (C=O) groups excluding carboxylic acids is 2. The molecule has 1 aliphatic heterocycles. The normalized spacial score (nSPS) is 17.1. The molecule has 0 spiro atoms. The number of furan rings is 1. The number of aryl methyl sites for hydroxylation is 1. The van der Waals surface area contributed by atoms with Crippen molar-refractivity contribution in [2.75, 3.05) is 13.1 Å². The maximum absolute atomic E-state index is 12.8. The Morgan fingerprint density at radius 3 is 2.74 bits per heavy atom. The van der Waals surface area contributed by atoms with Crippen molar-refractivity contribution in [3.63, 3.8) is 0 Å². The molecule has 1 aliphatic carbocycles. The molecule has 1 unspecified atom stereocenters. The van der Waals surface area contributed by atoms with Crippen LogP contribution in [-0.4, -0.2) is 29.8 Å². The van der Waals surface area contributed by atoms with Gasteiger partial charge in [-0.1, -0.05) is 42.8 Å². The summed E-state index contributed by atoms with van der Waals surface area (Å²) in [7, 11) is 0. The van der Waals surface area contributed by atoms with Gasteiger partial charge in [0.25, 0.3) is 5.91 Å². The lowest BCUT2D eigenvalue weighted by Gasteiger charge is -2.38. The van der Waals surface area contributed by atoms with E-state index in [4.69, 9.17) is 9.15 Å². The van der Waals surface area contributed by atoms with E-state index in [0.717, 1.165) is 17.5 Å². The number of fused-ring (bicyclic) bond motifs is 1. The maximum atomic E-state index is 12.8. The first-order valence-electron chi connectivity index (χ1n) is 12.5. The Labute approximate surface area is 206 Å².